The van der Waals surface area contributed by atoms with E-state index in [9.17, 15) is 34.5 Å². The molecule has 16 atom stereocenters. The molecule has 16 heteroatoms. The minimum Gasteiger partial charge on any atom is -0.462 e. The molecule has 0 aliphatic carbocycles. The molecule has 0 unspecified atom stereocenters. The van der Waals surface area contributed by atoms with Gasteiger partial charge in [0.25, 0.3) is 0 Å². The zero-order valence-electron chi connectivity index (χ0n) is 35.9. The zero-order chi connectivity index (χ0) is 43.3. The Morgan fingerprint density at radius 2 is 1.69 bits per heavy atom. The third-order valence-corrected chi connectivity index (χ3v) is 11.1. The number of carbonyl (C=O) groups excluding carboxylic acids is 4. The minimum atomic E-state index is -1.45. The lowest BCUT2D eigenvalue weighted by molar-refractivity contribution is -0.344. The van der Waals surface area contributed by atoms with Gasteiger partial charge in [-0.1, -0.05) is 45.1 Å². The molecular weight excluding hydrogens is 758 g/mol. The first kappa shape index (κ1) is 49.6. The van der Waals surface area contributed by atoms with Crippen LogP contribution in [0.25, 0.3) is 0 Å². The number of allylic oxidation sites excluding steroid dienone is 2. The number of aliphatic hydroxyl groups excluding tert-OH is 3. The molecule has 0 bridgehead atoms. The lowest BCUT2D eigenvalue weighted by atomic mass is 9.82. The topological polar surface area (TPSA) is 206 Å². The van der Waals surface area contributed by atoms with Gasteiger partial charge in [-0.3, -0.25) is 14.4 Å². The summed E-state index contributed by atoms with van der Waals surface area (Å²) in [7, 11) is 4.85. The van der Waals surface area contributed by atoms with Crippen molar-refractivity contribution in [3.63, 3.8) is 0 Å². The second kappa shape index (κ2) is 23.3. The highest BCUT2D eigenvalue weighted by Gasteiger charge is 2.54. The molecule has 0 saturated carbocycles. The second-order valence-electron chi connectivity index (χ2n) is 16.3. The molecule has 3 rings (SSSR count). The van der Waals surface area contributed by atoms with Gasteiger partial charge in [-0.05, 0) is 66.5 Å². The quantitative estimate of drug-likeness (QED) is 0.139. The first-order valence-corrected chi connectivity index (χ1v) is 20.6. The summed E-state index contributed by atoms with van der Waals surface area (Å²) < 4.78 is 48.8. The number of nitrogens with zero attached hydrogens (tertiary/aromatic N) is 1. The molecule has 0 amide bonds. The molecule has 2 saturated heterocycles. The van der Waals surface area contributed by atoms with Gasteiger partial charge in [-0.2, -0.15) is 0 Å². The third kappa shape index (κ3) is 13.6. The Labute approximate surface area is 343 Å². The van der Waals surface area contributed by atoms with Crippen LogP contribution in [0.4, 0.5) is 0 Å². The number of hydrogen-bond donors (Lipinski definition) is 3. The Kier molecular flexibility index (Phi) is 19.9. The van der Waals surface area contributed by atoms with E-state index in [1.54, 1.807) is 71.8 Å². The maximum absolute atomic E-state index is 12.9. The molecule has 3 N–H and O–H groups in total. The van der Waals surface area contributed by atoms with Gasteiger partial charge in [0.15, 0.2) is 24.3 Å². The van der Waals surface area contributed by atoms with Crippen molar-refractivity contribution in [2.24, 2.45) is 11.8 Å². The van der Waals surface area contributed by atoms with E-state index in [1.807, 2.05) is 19.9 Å². The Morgan fingerprint density at radius 1 is 0.983 bits per heavy atom. The van der Waals surface area contributed by atoms with Crippen molar-refractivity contribution in [2.45, 2.75) is 185 Å². The smallest absolute Gasteiger partial charge is 0.308 e. The van der Waals surface area contributed by atoms with E-state index in [2.05, 4.69) is 0 Å². The van der Waals surface area contributed by atoms with Crippen LogP contribution in [0.1, 0.15) is 99.8 Å². The number of aldehydes is 1. The molecular formula is C42H69NO15. The Hall–Kier alpha value is -2.80. The molecule has 0 aromatic heterocycles. The summed E-state index contributed by atoms with van der Waals surface area (Å²) in [5.74, 6) is -2.64. The Bertz CT molecular complexity index is 1380. The van der Waals surface area contributed by atoms with Gasteiger partial charge in [0, 0.05) is 39.2 Å². The molecule has 2 fully saturated rings. The average molecular weight is 828 g/mol. The van der Waals surface area contributed by atoms with Crippen molar-refractivity contribution < 1.29 is 72.4 Å². The fourth-order valence-electron chi connectivity index (χ4n) is 8.07. The number of esters is 3. The largest absolute Gasteiger partial charge is 0.462 e. The van der Waals surface area contributed by atoms with Crippen molar-refractivity contribution in [1.82, 2.24) is 4.90 Å². The predicted octanol–water partition coefficient (Wildman–Crippen LogP) is 3.16. The molecule has 332 valence electrons. The maximum Gasteiger partial charge on any atom is 0.308 e. The SMILES string of the molecule is CCCC(=O)O[C@@H]1[C@H](C)O[C@H](O[C@H]2[C@H](N(C)C)[C@@H](O)[C@@H](O[C@@H]3[C@H](CC=O)C[C@H](C)[C@H](O)/C=C\C=C/C[C@H](C)OC(=O)C[C@H](O)[C@@H]3OC)O[C@H]2C)C[C@@]1(C)OC(=O)CC. The summed E-state index contributed by atoms with van der Waals surface area (Å²) in [6, 6.07) is -0.783. The molecule has 0 radical (unpaired) electrons. The lowest BCUT2D eigenvalue weighted by Crippen LogP contribution is -2.66. The first-order chi connectivity index (χ1) is 27.4. The molecule has 3 aliphatic heterocycles. The van der Waals surface area contributed by atoms with Crippen LogP contribution < -0.4 is 0 Å². The molecule has 0 aromatic rings. The van der Waals surface area contributed by atoms with E-state index < -0.39 is 116 Å². The van der Waals surface area contributed by atoms with E-state index in [-0.39, 0.29) is 38.0 Å². The van der Waals surface area contributed by atoms with Crippen molar-refractivity contribution in [3.05, 3.63) is 24.3 Å². The maximum atomic E-state index is 12.9. The van der Waals surface area contributed by atoms with E-state index >= 15 is 0 Å². The Balaban J connectivity index is 1.95. The average Bonchev–Trinajstić information content (AvgIpc) is 3.13. The molecule has 16 nitrogen and oxygen atoms in total. The van der Waals surface area contributed by atoms with Crippen LogP contribution in [0.2, 0.25) is 0 Å². The summed E-state index contributed by atoms with van der Waals surface area (Å²) in [6.45, 7) is 12.2. The van der Waals surface area contributed by atoms with Gasteiger partial charge in [0.05, 0.1) is 43.0 Å². The number of methoxy groups -OCH3 is 1. The fourth-order valence-corrected chi connectivity index (χ4v) is 8.07. The summed E-state index contributed by atoms with van der Waals surface area (Å²) in [4.78, 5) is 52.1. The van der Waals surface area contributed by atoms with Crippen LogP contribution in [0.5, 0.6) is 0 Å². The van der Waals surface area contributed by atoms with E-state index in [1.165, 1.54) is 7.11 Å². The van der Waals surface area contributed by atoms with Crippen LogP contribution in [0.3, 0.4) is 0 Å². The van der Waals surface area contributed by atoms with E-state index in [4.69, 9.17) is 37.9 Å². The second-order valence-corrected chi connectivity index (χ2v) is 16.3. The van der Waals surface area contributed by atoms with Gasteiger partial charge < -0.3 is 62.9 Å². The van der Waals surface area contributed by atoms with Gasteiger partial charge >= 0.3 is 17.9 Å². The van der Waals surface area contributed by atoms with Crippen molar-refractivity contribution in [1.29, 1.82) is 0 Å². The number of carbonyl (C=O) groups is 4. The van der Waals surface area contributed by atoms with Gasteiger partial charge in [0.2, 0.25) is 0 Å². The highest BCUT2D eigenvalue weighted by molar-refractivity contribution is 5.71. The third-order valence-electron chi connectivity index (χ3n) is 11.1. The van der Waals surface area contributed by atoms with Crippen molar-refractivity contribution >= 4 is 24.2 Å². The van der Waals surface area contributed by atoms with Crippen LogP contribution >= 0.6 is 0 Å². The highest BCUT2D eigenvalue weighted by atomic mass is 16.7. The minimum absolute atomic E-state index is 0.00608. The number of likely N-dealkylation sites (N-methyl/N-ethyl adjacent to an activating group) is 1. The molecule has 3 heterocycles. The van der Waals surface area contributed by atoms with Crippen LogP contribution in [0, 0.1) is 11.8 Å². The number of rotatable bonds is 13. The lowest BCUT2D eigenvalue weighted by Gasteiger charge is -2.50. The first-order valence-electron chi connectivity index (χ1n) is 20.6. The van der Waals surface area contributed by atoms with Crippen LogP contribution in [0.15, 0.2) is 24.3 Å². The number of ether oxygens (including phenoxy) is 8. The van der Waals surface area contributed by atoms with Gasteiger partial charge in [-0.25, -0.2) is 0 Å². The molecule has 3 aliphatic rings. The van der Waals surface area contributed by atoms with E-state index in [0.29, 0.717) is 19.1 Å². The van der Waals surface area contributed by atoms with Crippen LogP contribution in [-0.2, 0) is 57.1 Å². The number of aliphatic hydroxyl groups is 3. The summed E-state index contributed by atoms with van der Waals surface area (Å²) in [5.41, 5.74) is -1.30. The summed E-state index contributed by atoms with van der Waals surface area (Å²) in [6.07, 6.45) is -3.49. The predicted molar refractivity (Wildman–Crippen MR) is 210 cm³/mol. The molecule has 0 aromatic carbocycles. The molecule has 58 heavy (non-hydrogen) atoms. The fraction of sp³-hybridized carbons (Fsp3) is 0.810. The van der Waals surface area contributed by atoms with Gasteiger partial charge in [-0.15, -0.1) is 0 Å². The standard InChI is InChI=1S/C42H69NO15/c1-11-16-32(48)55-40-27(6)53-34(23-42(40,7)58-31(47)12-2)56-37-26(5)54-41(36(50)35(37)43(8)9)57-38-28(19-20-44)21-24(3)29(45)18-15-13-14-17-25(4)52-33(49)22-30(46)39(38)51-10/h13-15,18,20,24-30,34-41,45-46,50H,11-12,16-17,19,21-23H2,1-10H3/b14-13-,18-15-/t24-,25-,26-,27-,28+,29+,30-,34+,35+,36+,37+,38+,39-,40+,41+,42+/m0/s1. The highest BCUT2D eigenvalue weighted by Crippen LogP contribution is 2.39. The summed E-state index contributed by atoms with van der Waals surface area (Å²) >= 11 is 0. The Morgan fingerprint density at radius 3 is 2.31 bits per heavy atom. The number of cyclic esters (lactones) is 1. The number of hydrogen-bond acceptors (Lipinski definition) is 16. The zero-order valence-corrected chi connectivity index (χ0v) is 35.9. The van der Waals surface area contributed by atoms with Crippen molar-refractivity contribution in [3.8, 4) is 0 Å². The van der Waals surface area contributed by atoms with Crippen molar-refractivity contribution in [2.75, 3.05) is 21.2 Å². The molecule has 0 spiro atoms. The summed E-state index contributed by atoms with van der Waals surface area (Å²) in [5, 5.41) is 34.5. The van der Waals surface area contributed by atoms with E-state index in [0.717, 1.165) is 0 Å². The van der Waals surface area contributed by atoms with Crippen LogP contribution in [-0.4, -0.2) is 151 Å². The monoisotopic (exact) mass is 827 g/mol. The van der Waals surface area contributed by atoms with Gasteiger partial charge in [0.1, 0.15) is 30.7 Å². The normalized spacial score (nSPS) is 40.6.